The van der Waals surface area contributed by atoms with Crippen LogP contribution >= 0.6 is 0 Å². The highest BCUT2D eigenvalue weighted by Gasteiger charge is 2.39. The maximum atomic E-state index is 12.7. The van der Waals surface area contributed by atoms with Crippen molar-refractivity contribution < 1.29 is 9.90 Å². The molecule has 1 fully saturated rings. The smallest absolute Gasteiger partial charge is 0.293 e. The van der Waals surface area contributed by atoms with E-state index in [1.165, 1.54) is 4.68 Å². The molecular weight excluding hydrogens is 336 g/mol. The lowest BCUT2D eigenvalue weighted by molar-refractivity contribution is -0.125. The molecule has 0 aliphatic heterocycles. The van der Waals surface area contributed by atoms with Gasteiger partial charge in [0.25, 0.3) is 5.56 Å². The molecule has 9 nitrogen and oxygen atoms in total. The minimum absolute atomic E-state index is 0.0310. The number of carbonyl (C=O) groups is 1. The molecule has 9 heteroatoms. The van der Waals surface area contributed by atoms with Crippen molar-refractivity contribution in [3.05, 3.63) is 22.2 Å². The van der Waals surface area contributed by atoms with Crippen LogP contribution in [0.4, 0.5) is 5.82 Å². The Labute approximate surface area is 151 Å². The number of fused-ring (bicyclic) bond motifs is 1. The van der Waals surface area contributed by atoms with Crippen molar-refractivity contribution in [1.82, 2.24) is 24.7 Å². The molecule has 1 saturated carbocycles. The third kappa shape index (κ3) is 3.57. The Morgan fingerprint density at radius 1 is 1.42 bits per heavy atom. The van der Waals surface area contributed by atoms with Crippen molar-refractivity contribution >= 4 is 17.2 Å². The largest absolute Gasteiger partial charge is 0.390 e. The minimum Gasteiger partial charge on any atom is -0.390 e. The third-order valence-corrected chi connectivity index (χ3v) is 4.51. The van der Waals surface area contributed by atoms with Crippen molar-refractivity contribution in [3.63, 3.8) is 0 Å². The Bertz CT molecular complexity index is 874. The second-order valence-electron chi connectivity index (χ2n) is 7.50. The molecule has 2 aromatic rings. The Morgan fingerprint density at radius 3 is 2.69 bits per heavy atom. The van der Waals surface area contributed by atoms with Crippen LogP contribution in [0.5, 0.6) is 0 Å². The molecule has 1 aliphatic rings. The summed E-state index contributed by atoms with van der Waals surface area (Å²) < 4.78 is 2.73. The van der Waals surface area contributed by atoms with Crippen LogP contribution in [0.2, 0.25) is 0 Å². The zero-order chi connectivity index (χ0) is 19.1. The Balaban J connectivity index is 1.87. The maximum absolute atomic E-state index is 12.7. The van der Waals surface area contributed by atoms with Crippen LogP contribution in [0.1, 0.15) is 52.3 Å². The third-order valence-electron chi connectivity index (χ3n) is 4.51. The first-order valence-electron chi connectivity index (χ1n) is 8.96. The highest BCUT2D eigenvalue weighted by molar-refractivity contribution is 5.76. The van der Waals surface area contributed by atoms with E-state index in [4.69, 9.17) is 0 Å². The average molecular weight is 362 g/mol. The van der Waals surface area contributed by atoms with Crippen molar-refractivity contribution in [1.29, 1.82) is 0 Å². The van der Waals surface area contributed by atoms with Crippen molar-refractivity contribution in [2.45, 2.75) is 64.6 Å². The highest BCUT2D eigenvalue weighted by atomic mass is 16.3. The molecule has 2 heterocycles. The fourth-order valence-electron chi connectivity index (χ4n) is 3.30. The number of aromatic nitrogens is 4. The predicted octanol–water partition coefficient (Wildman–Crippen LogP) is 0.476. The first-order chi connectivity index (χ1) is 12.2. The standard InChI is InChI=1S/C17H26N6O3/c1-5-18-13-6-12-16(25)22(21-15(10(2)3)23(12)20-13)9-14(24)19-11-7-17(4,26)8-11/h6,10-11,26H,5,7-9H2,1-4H3,(H,18,20)(H,19,24)/t11-,17+. The molecule has 0 aromatic carbocycles. The molecule has 1 aliphatic carbocycles. The molecular formula is C17H26N6O3. The molecule has 0 spiro atoms. The van der Waals surface area contributed by atoms with E-state index in [1.807, 2.05) is 20.8 Å². The molecule has 1 amide bonds. The summed E-state index contributed by atoms with van der Waals surface area (Å²) in [6.45, 7) is 8.15. The Hall–Kier alpha value is -2.42. The Morgan fingerprint density at radius 2 is 2.12 bits per heavy atom. The van der Waals surface area contributed by atoms with Gasteiger partial charge in [0.15, 0.2) is 5.82 Å². The molecule has 2 aromatic heterocycles. The summed E-state index contributed by atoms with van der Waals surface area (Å²) in [5.41, 5.74) is -0.683. The van der Waals surface area contributed by atoms with E-state index in [0.29, 0.717) is 36.5 Å². The van der Waals surface area contributed by atoms with Crippen molar-refractivity contribution in [2.75, 3.05) is 11.9 Å². The van der Waals surface area contributed by atoms with Gasteiger partial charge >= 0.3 is 0 Å². The normalized spacial score (nSPS) is 22.5. The molecule has 3 N–H and O–H groups in total. The lowest BCUT2D eigenvalue weighted by Gasteiger charge is -2.41. The number of rotatable bonds is 6. The molecule has 26 heavy (non-hydrogen) atoms. The first kappa shape index (κ1) is 18.4. The number of anilines is 1. The number of hydrogen-bond acceptors (Lipinski definition) is 6. The zero-order valence-corrected chi connectivity index (χ0v) is 15.6. The van der Waals surface area contributed by atoms with Crippen LogP contribution in [0.25, 0.3) is 5.52 Å². The van der Waals surface area contributed by atoms with E-state index in [-0.39, 0.29) is 30.0 Å². The fraction of sp³-hybridized carbons (Fsp3) is 0.647. The van der Waals surface area contributed by atoms with Gasteiger partial charge in [0.05, 0.1) is 5.60 Å². The van der Waals surface area contributed by atoms with Gasteiger partial charge in [-0.25, -0.2) is 9.20 Å². The number of amides is 1. The van der Waals surface area contributed by atoms with E-state index in [0.717, 1.165) is 0 Å². The molecule has 0 atom stereocenters. The summed E-state index contributed by atoms with van der Waals surface area (Å²) in [6.07, 6.45) is 1.04. The number of nitrogens with one attached hydrogen (secondary N) is 2. The van der Waals surface area contributed by atoms with Crippen LogP contribution < -0.4 is 16.2 Å². The van der Waals surface area contributed by atoms with Crippen molar-refractivity contribution in [3.8, 4) is 0 Å². The summed E-state index contributed by atoms with van der Waals surface area (Å²) in [4.78, 5) is 25.0. The fourth-order valence-corrected chi connectivity index (χ4v) is 3.30. The monoisotopic (exact) mass is 362 g/mol. The van der Waals surface area contributed by atoms with E-state index < -0.39 is 5.60 Å². The topological polar surface area (TPSA) is 114 Å². The van der Waals surface area contributed by atoms with E-state index in [2.05, 4.69) is 20.8 Å². The summed E-state index contributed by atoms with van der Waals surface area (Å²) >= 11 is 0. The van der Waals surface area contributed by atoms with Gasteiger partial charge < -0.3 is 15.7 Å². The van der Waals surface area contributed by atoms with Gasteiger partial charge in [0.2, 0.25) is 5.91 Å². The van der Waals surface area contributed by atoms with Gasteiger partial charge in [-0.15, -0.1) is 5.10 Å². The Kier molecular flexibility index (Phi) is 4.74. The van der Waals surface area contributed by atoms with Crippen LogP contribution in [-0.4, -0.2) is 48.6 Å². The highest BCUT2D eigenvalue weighted by Crippen LogP contribution is 2.31. The molecule has 0 bridgehead atoms. The first-order valence-corrected chi connectivity index (χ1v) is 8.96. The van der Waals surface area contributed by atoms with Crippen LogP contribution in [0.3, 0.4) is 0 Å². The van der Waals surface area contributed by atoms with Crippen LogP contribution in [0, 0.1) is 0 Å². The summed E-state index contributed by atoms with van der Waals surface area (Å²) in [5, 5.41) is 24.4. The van der Waals surface area contributed by atoms with Gasteiger partial charge in [-0.1, -0.05) is 13.8 Å². The summed E-state index contributed by atoms with van der Waals surface area (Å²) in [7, 11) is 0. The molecule has 0 unspecified atom stereocenters. The van der Waals surface area contributed by atoms with Gasteiger partial charge in [0.1, 0.15) is 17.9 Å². The van der Waals surface area contributed by atoms with Crippen molar-refractivity contribution in [2.24, 2.45) is 0 Å². The van der Waals surface area contributed by atoms with E-state index >= 15 is 0 Å². The summed E-state index contributed by atoms with van der Waals surface area (Å²) in [6, 6.07) is 1.62. The maximum Gasteiger partial charge on any atom is 0.293 e. The van der Waals surface area contributed by atoms with Crippen LogP contribution in [0.15, 0.2) is 10.9 Å². The number of aliphatic hydroxyl groups is 1. The van der Waals surface area contributed by atoms with Gasteiger partial charge in [0, 0.05) is 24.6 Å². The zero-order valence-electron chi connectivity index (χ0n) is 15.6. The molecule has 142 valence electrons. The quantitative estimate of drug-likeness (QED) is 0.689. The minimum atomic E-state index is -0.711. The predicted molar refractivity (Wildman–Crippen MR) is 97.3 cm³/mol. The second-order valence-corrected chi connectivity index (χ2v) is 7.50. The van der Waals surface area contributed by atoms with Gasteiger partial charge in [-0.2, -0.15) is 5.10 Å². The number of carbonyl (C=O) groups excluding carboxylic acids is 1. The molecule has 3 rings (SSSR count). The SMILES string of the molecule is CCNc1cc2c(=O)n(CC(=O)N[C@H]3C[C@@](C)(O)C3)nc(C(C)C)n2n1. The molecule has 0 radical (unpaired) electrons. The second kappa shape index (κ2) is 6.71. The van der Waals surface area contributed by atoms with Crippen LogP contribution in [-0.2, 0) is 11.3 Å². The van der Waals surface area contributed by atoms with E-state index in [9.17, 15) is 14.7 Å². The average Bonchev–Trinajstić information content (AvgIpc) is 2.92. The number of nitrogens with zero attached hydrogens (tertiary/aromatic N) is 4. The number of hydrogen-bond donors (Lipinski definition) is 3. The van der Waals surface area contributed by atoms with Gasteiger partial charge in [-0.05, 0) is 26.7 Å². The lowest BCUT2D eigenvalue weighted by atomic mass is 9.77. The van der Waals surface area contributed by atoms with E-state index in [1.54, 1.807) is 17.5 Å². The lowest BCUT2D eigenvalue weighted by Crippen LogP contribution is -2.54. The summed E-state index contributed by atoms with van der Waals surface area (Å²) in [5.74, 6) is 0.962. The molecule has 0 saturated heterocycles. The van der Waals surface area contributed by atoms with Gasteiger partial charge in [-0.3, -0.25) is 9.59 Å².